The highest BCUT2D eigenvalue weighted by Crippen LogP contribution is 2.23. The van der Waals surface area contributed by atoms with Crippen molar-refractivity contribution >= 4 is 5.91 Å². The molecule has 5 heteroatoms. The van der Waals surface area contributed by atoms with Crippen molar-refractivity contribution in [2.24, 2.45) is 0 Å². The van der Waals surface area contributed by atoms with Crippen LogP contribution < -0.4 is 15.4 Å². The first-order valence-corrected chi connectivity index (χ1v) is 10.1. The fraction of sp³-hybridized carbons (Fsp3) is 0.240. The Morgan fingerprint density at radius 1 is 0.967 bits per heavy atom. The average molecular weight is 407 g/mol. The Balaban J connectivity index is 1.65. The number of benzene rings is 3. The molecular weight excluding hydrogens is 379 g/mol. The van der Waals surface area contributed by atoms with Crippen LogP contribution in [0.2, 0.25) is 0 Å². The summed E-state index contributed by atoms with van der Waals surface area (Å²) in [4.78, 5) is 12.4. The van der Waals surface area contributed by atoms with E-state index in [9.17, 15) is 9.18 Å². The Bertz CT molecular complexity index is 956. The first kappa shape index (κ1) is 21.5. The minimum absolute atomic E-state index is 0.118. The highest BCUT2D eigenvalue weighted by atomic mass is 19.1. The highest BCUT2D eigenvalue weighted by molar-refractivity contribution is 5.78. The van der Waals surface area contributed by atoms with Crippen LogP contribution in [0, 0.1) is 5.82 Å². The van der Waals surface area contributed by atoms with Gasteiger partial charge in [-0.2, -0.15) is 0 Å². The fourth-order valence-corrected chi connectivity index (χ4v) is 3.26. The molecule has 0 aliphatic carbocycles. The highest BCUT2D eigenvalue weighted by Gasteiger charge is 2.16. The van der Waals surface area contributed by atoms with Gasteiger partial charge in [-0.15, -0.1) is 0 Å². The molecule has 0 unspecified atom stereocenters. The summed E-state index contributed by atoms with van der Waals surface area (Å²) < 4.78 is 18.9. The van der Waals surface area contributed by atoms with E-state index in [-0.39, 0.29) is 24.3 Å². The maximum atomic E-state index is 13.8. The van der Waals surface area contributed by atoms with E-state index in [1.54, 1.807) is 13.2 Å². The molecule has 0 aliphatic rings. The monoisotopic (exact) mass is 406 g/mol. The van der Waals surface area contributed by atoms with E-state index in [0.717, 1.165) is 28.9 Å². The smallest absolute Gasteiger partial charge is 0.234 e. The van der Waals surface area contributed by atoms with E-state index >= 15 is 0 Å². The van der Waals surface area contributed by atoms with Gasteiger partial charge < -0.3 is 10.1 Å². The van der Waals surface area contributed by atoms with Crippen LogP contribution in [0.15, 0.2) is 72.8 Å². The lowest BCUT2D eigenvalue weighted by Crippen LogP contribution is -2.35. The van der Waals surface area contributed by atoms with E-state index in [4.69, 9.17) is 4.74 Å². The van der Waals surface area contributed by atoms with E-state index in [1.807, 2.05) is 42.5 Å². The molecule has 0 saturated heterocycles. The van der Waals surface area contributed by atoms with Gasteiger partial charge in [-0.1, -0.05) is 55.5 Å². The number of rotatable bonds is 9. The maximum absolute atomic E-state index is 13.8. The van der Waals surface area contributed by atoms with E-state index < -0.39 is 0 Å². The first-order valence-electron chi connectivity index (χ1n) is 10.1. The van der Waals surface area contributed by atoms with Gasteiger partial charge in [-0.25, -0.2) is 4.39 Å². The minimum Gasteiger partial charge on any atom is -0.497 e. The number of ether oxygens (including phenoxy) is 1. The number of hydrogen-bond acceptors (Lipinski definition) is 3. The molecule has 4 nitrogen and oxygen atoms in total. The minimum atomic E-state index is -0.298. The van der Waals surface area contributed by atoms with Crippen LogP contribution in [0.25, 0.3) is 0 Å². The van der Waals surface area contributed by atoms with Crippen molar-refractivity contribution in [2.45, 2.75) is 25.9 Å². The van der Waals surface area contributed by atoms with Gasteiger partial charge in [0.2, 0.25) is 5.91 Å². The van der Waals surface area contributed by atoms with Crippen molar-refractivity contribution in [3.63, 3.8) is 0 Å². The molecule has 0 fully saturated rings. The maximum Gasteiger partial charge on any atom is 0.234 e. The van der Waals surface area contributed by atoms with Gasteiger partial charge in [-0.3, -0.25) is 10.1 Å². The quantitative estimate of drug-likeness (QED) is 0.554. The number of aryl methyl sites for hydroxylation is 1. The zero-order valence-electron chi connectivity index (χ0n) is 17.3. The predicted octanol–water partition coefficient (Wildman–Crippen LogP) is 4.39. The molecule has 30 heavy (non-hydrogen) atoms. The third kappa shape index (κ3) is 5.91. The van der Waals surface area contributed by atoms with Crippen LogP contribution in [0.3, 0.4) is 0 Å². The number of carbonyl (C=O) groups excluding carboxylic acids is 1. The third-order valence-electron chi connectivity index (χ3n) is 5.02. The topological polar surface area (TPSA) is 50.4 Å². The van der Waals surface area contributed by atoms with Crippen molar-refractivity contribution in [1.82, 2.24) is 10.6 Å². The molecule has 3 rings (SSSR count). The molecule has 156 valence electrons. The van der Waals surface area contributed by atoms with Gasteiger partial charge in [0.15, 0.2) is 0 Å². The summed E-state index contributed by atoms with van der Waals surface area (Å²) in [6, 6.07) is 21.9. The summed E-state index contributed by atoms with van der Waals surface area (Å²) in [6.45, 7) is 2.65. The molecule has 3 aromatic carbocycles. The molecule has 0 spiro atoms. The standard InChI is InChI=1S/C25H27FN2O2/c1-3-18-7-11-20(12-8-18)25(21-5-4-6-22(26)15-21)28-17-24(29)27-16-19-9-13-23(30-2)14-10-19/h4-15,25,28H,3,16-17H2,1-2H3,(H,27,29)/t25-/m1/s1. The third-order valence-corrected chi connectivity index (χ3v) is 5.02. The normalized spacial score (nSPS) is 11.7. The Morgan fingerprint density at radius 3 is 2.30 bits per heavy atom. The number of carbonyl (C=O) groups is 1. The van der Waals surface area contributed by atoms with Crippen LogP contribution >= 0.6 is 0 Å². The summed E-state index contributed by atoms with van der Waals surface area (Å²) in [5.41, 5.74) is 3.98. The second-order valence-electron chi connectivity index (χ2n) is 7.09. The van der Waals surface area contributed by atoms with Gasteiger partial charge >= 0.3 is 0 Å². The second kappa shape index (κ2) is 10.6. The summed E-state index contributed by atoms with van der Waals surface area (Å²) in [6.07, 6.45) is 0.951. The number of halogens is 1. The lowest BCUT2D eigenvalue weighted by atomic mass is 9.97. The van der Waals surface area contributed by atoms with Crippen LogP contribution in [0.4, 0.5) is 4.39 Å². The molecule has 0 heterocycles. The van der Waals surface area contributed by atoms with E-state index in [1.165, 1.54) is 17.7 Å². The van der Waals surface area contributed by atoms with Crippen LogP contribution in [-0.4, -0.2) is 19.6 Å². The summed E-state index contributed by atoms with van der Waals surface area (Å²) in [7, 11) is 1.62. The van der Waals surface area contributed by atoms with Crippen LogP contribution in [-0.2, 0) is 17.8 Å². The average Bonchev–Trinajstić information content (AvgIpc) is 2.78. The first-order chi connectivity index (χ1) is 14.6. The van der Waals surface area contributed by atoms with Gasteiger partial charge in [0.25, 0.3) is 0 Å². The molecule has 1 amide bonds. The summed E-state index contributed by atoms with van der Waals surface area (Å²) >= 11 is 0. The number of methoxy groups -OCH3 is 1. The van der Waals surface area contributed by atoms with Crippen molar-refractivity contribution in [3.8, 4) is 5.75 Å². The molecule has 0 aliphatic heterocycles. The second-order valence-corrected chi connectivity index (χ2v) is 7.09. The number of nitrogens with one attached hydrogen (secondary N) is 2. The molecule has 1 atom stereocenters. The van der Waals surface area contributed by atoms with E-state index in [2.05, 4.69) is 29.7 Å². The summed E-state index contributed by atoms with van der Waals surface area (Å²) in [5, 5.41) is 6.18. The molecule has 0 bridgehead atoms. The largest absolute Gasteiger partial charge is 0.497 e. The lowest BCUT2D eigenvalue weighted by Gasteiger charge is -2.20. The lowest BCUT2D eigenvalue weighted by molar-refractivity contribution is -0.120. The van der Waals surface area contributed by atoms with Gasteiger partial charge in [-0.05, 0) is 52.9 Å². The Morgan fingerprint density at radius 2 is 1.67 bits per heavy atom. The molecular formula is C25H27FN2O2. The SMILES string of the molecule is CCc1ccc([C@@H](NCC(=O)NCc2ccc(OC)cc2)c2cccc(F)c2)cc1. The molecule has 3 aromatic rings. The van der Waals surface area contributed by atoms with Crippen molar-refractivity contribution in [3.05, 3.63) is 101 Å². The Labute approximate surface area is 177 Å². The van der Waals surface area contributed by atoms with Crippen LogP contribution in [0.1, 0.15) is 35.2 Å². The predicted molar refractivity (Wildman–Crippen MR) is 117 cm³/mol. The van der Waals surface area contributed by atoms with Crippen molar-refractivity contribution in [1.29, 1.82) is 0 Å². The molecule has 2 N–H and O–H groups in total. The number of hydrogen-bond donors (Lipinski definition) is 2. The number of amides is 1. The van der Waals surface area contributed by atoms with Crippen molar-refractivity contribution in [2.75, 3.05) is 13.7 Å². The molecule has 0 radical (unpaired) electrons. The molecule has 0 aromatic heterocycles. The van der Waals surface area contributed by atoms with Crippen molar-refractivity contribution < 1.29 is 13.9 Å². The van der Waals surface area contributed by atoms with Gasteiger partial charge in [0, 0.05) is 6.54 Å². The fourth-order valence-electron chi connectivity index (χ4n) is 3.26. The Kier molecular flexibility index (Phi) is 7.57. The zero-order valence-corrected chi connectivity index (χ0v) is 17.3. The summed E-state index contributed by atoms with van der Waals surface area (Å²) in [5.74, 6) is 0.351. The Hall–Kier alpha value is -3.18. The van der Waals surface area contributed by atoms with E-state index in [0.29, 0.717) is 6.54 Å². The molecule has 0 saturated carbocycles. The van der Waals surface area contributed by atoms with Gasteiger partial charge in [0.1, 0.15) is 11.6 Å². The zero-order chi connectivity index (χ0) is 21.3. The van der Waals surface area contributed by atoms with Crippen LogP contribution in [0.5, 0.6) is 5.75 Å². The van der Waals surface area contributed by atoms with Gasteiger partial charge in [0.05, 0.1) is 19.7 Å².